The van der Waals surface area contributed by atoms with Crippen molar-refractivity contribution in [3.8, 4) is 17.2 Å². The van der Waals surface area contributed by atoms with Crippen LogP contribution in [0.15, 0.2) is 42.5 Å². The minimum Gasteiger partial charge on any atom is -0.493 e. The van der Waals surface area contributed by atoms with Crippen molar-refractivity contribution in [2.75, 3.05) is 21.3 Å². The maximum absolute atomic E-state index is 6.61. The Bertz CT molecular complexity index is 958. The van der Waals surface area contributed by atoms with E-state index in [-0.39, 0.29) is 0 Å². The molecule has 0 radical (unpaired) electrons. The van der Waals surface area contributed by atoms with Gasteiger partial charge in [0.25, 0.3) is 0 Å². The Balaban J connectivity index is 1.71. The van der Waals surface area contributed by atoms with Gasteiger partial charge in [-0.1, -0.05) is 48.0 Å². The van der Waals surface area contributed by atoms with Crippen LogP contribution < -0.4 is 19.5 Å². The van der Waals surface area contributed by atoms with Crippen molar-refractivity contribution < 1.29 is 14.2 Å². The number of halogens is 1. The van der Waals surface area contributed by atoms with Crippen LogP contribution in [0.3, 0.4) is 0 Å². The van der Waals surface area contributed by atoms with E-state index < -0.39 is 0 Å². The Morgan fingerprint density at radius 2 is 1.66 bits per heavy atom. The molecule has 1 heterocycles. The molecule has 0 saturated carbocycles. The number of benzene rings is 2. The predicted molar refractivity (Wildman–Crippen MR) is 114 cm³/mol. The third kappa shape index (κ3) is 4.66. The smallest absolute Gasteiger partial charge is 0.203 e. The average molecular weight is 416 g/mol. The molecule has 3 aromatic rings. The van der Waals surface area contributed by atoms with Gasteiger partial charge < -0.3 is 19.5 Å². The van der Waals surface area contributed by atoms with E-state index in [2.05, 4.69) is 22.5 Å². The minimum absolute atomic E-state index is 0.583. The summed E-state index contributed by atoms with van der Waals surface area (Å²) in [5.74, 6) is 1.87. The topological polar surface area (TPSA) is 57.5 Å². The maximum Gasteiger partial charge on any atom is 0.203 e. The molecule has 6 nitrogen and oxygen atoms in total. The summed E-state index contributed by atoms with van der Waals surface area (Å²) in [6.45, 7) is 3.80. The summed E-state index contributed by atoms with van der Waals surface area (Å²) >= 11 is 6.61. The third-order valence-corrected chi connectivity index (χ3v) is 5.18. The number of aromatic nitrogens is 2. The van der Waals surface area contributed by atoms with Crippen molar-refractivity contribution in [1.29, 1.82) is 0 Å². The van der Waals surface area contributed by atoms with E-state index in [9.17, 15) is 0 Å². The lowest BCUT2D eigenvalue weighted by Crippen LogP contribution is -2.14. The highest BCUT2D eigenvalue weighted by Crippen LogP contribution is 2.39. The molecule has 0 unspecified atom stereocenters. The molecule has 0 bridgehead atoms. The molecule has 3 rings (SSSR count). The zero-order chi connectivity index (χ0) is 20.8. The fourth-order valence-electron chi connectivity index (χ4n) is 3.28. The van der Waals surface area contributed by atoms with Gasteiger partial charge in [0.05, 0.1) is 33.6 Å². The molecule has 0 fully saturated rings. The molecule has 154 valence electrons. The molecule has 0 spiro atoms. The third-order valence-electron chi connectivity index (χ3n) is 4.76. The zero-order valence-electron chi connectivity index (χ0n) is 17.2. The molecule has 1 aromatic heterocycles. The monoisotopic (exact) mass is 415 g/mol. The summed E-state index contributed by atoms with van der Waals surface area (Å²) in [5.41, 5.74) is 4.03. The molecule has 2 aromatic carbocycles. The second kappa shape index (κ2) is 9.67. The van der Waals surface area contributed by atoms with Gasteiger partial charge in [-0.25, -0.2) is 4.68 Å². The summed E-state index contributed by atoms with van der Waals surface area (Å²) in [5, 5.41) is 8.68. The molecule has 0 atom stereocenters. The SMILES string of the molecule is COc1ccc(CNCc2c(C)nn(Cc3ccccc3)c2Cl)c(OC)c1OC. The highest BCUT2D eigenvalue weighted by atomic mass is 35.5. The quantitative estimate of drug-likeness (QED) is 0.567. The van der Waals surface area contributed by atoms with Crippen molar-refractivity contribution in [1.82, 2.24) is 15.1 Å². The van der Waals surface area contributed by atoms with Gasteiger partial charge in [-0.2, -0.15) is 5.10 Å². The first-order valence-corrected chi connectivity index (χ1v) is 9.71. The summed E-state index contributed by atoms with van der Waals surface area (Å²) in [6, 6.07) is 14.0. The summed E-state index contributed by atoms with van der Waals surface area (Å²) < 4.78 is 18.2. The van der Waals surface area contributed by atoms with Gasteiger partial charge in [0, 0.05) is 24.2 Å². The van der Waals surface area contributed by atoms with Crippen LogP contribution in [-0.2, 0) is 19.6 Å². The maximum atomic E-state index is 6.61. The number of hydrogen-bond acceptors (Lipinski definition) is 5. The molecule has 1 N–H and O–H groups in total. The van der Waals surface area contributed by atoms with E-state index in [0.717, 1.165) is 22.4 Å². The van der Waals surface area contributed by atoms with E-state index in [1.54, 1.807) is 21.3 Å². The van der Waals surface area contributed by atoms with E-state index in [4.69, 9.17) is 25.8 Å². The number of rotatable bonds is 9. The highest BCUT2D eigenvalue weighted by Gasteiger charge is 2.17. The molecule has 0 aliphatic rings. The van der Waals surface area contributed by atoms with Gasteiger partial charge in [0.1, 0.15) is 5.15 Å². The van der Waals surface area contributed by atoms with E-state index in [1.807, 2.05) is 41.9 Å². The average Bonchev–Trinajstić information content (AvgIpc) is 3.01. The van der Waals surface area contributed by atoms with Crippen LogP contribution in [-0.4, -0.2) is 31.1 Å². The summed E-state index contributed by atoms with van der Waals surface area (Å²) in [4.78, 5) is 0. The second-order valence-electron chi connectivity index (χ2n) is 6.60. The summed E-state index contributed by atoms with van der Waals surface area (Å²) in [7, 11) is 4.82. The van der Waals surface area contributed by atoms with Gasteiger partial charge in [-0.3, -0.25) is 0 Å². The van der Waals surface area contributed by atoms with Crippen molar-refractivity contribution in [2.24, 2.45) is 0 Å². The Hall–Kier alpha value is -2.70. The van der Waals surface area contributed by atoms with Gasteiger partial charge in [-0.05, 0) is 18.6 Å². The van der Waals surface area contributed by atoms with E-state index >= 15 is 0 Å². The zero-order valence-corrected chi connectivity index (χ0v) is 17.9. The van der Waals surface area contributed by atoms with Gasteiger partial charge >= 0.3 is 0 Å². The number of hydrogen-bond donors (Lipinski definition) is 1. The molecule has 0 amide bonds. The largest absolute Gasteiger partial charge is 0.493 e. The standard InChI is InChI=1S/C22H26ClN3O3/c1-15-18(22(23)26(25-15)14-16-8-6-5-7-9-16)13-24-12-17-10-11-19(27-2)21(29-4)20(17)28-3/h5-11,24H,12-14H2,1-4H3. The number of aryl methyl sites for hydroxylation is 1. The van der Waals surface area contributed by atoms with Gasteiger partial charge in [0.15, 0.2) is 11.5 Å². The van der Waals surface area contributed by atoms with Crippen molar-refractivity contribution in [3.05, 3.63) is 70.0 Å². The first-order chi connectivity index (χ1) is 14.1. The molecule has 0 aliphatic carbocycles. The Morgan fingerprint density at radius 3 is 2.31 bits per heavy atom. The van der Waals surface area contributed by atoms with Crippen LogP contribution in [0.2, 0.25) is 5.15 Å². The van der Waals surface area contributed by atoms with Crippen LogP contribution in [0, 0.1) is 6.92 Å². The number of methoxy groups -OCH3 is 3. The van der Waals surface area contributed by atoms with Crippen LogP contribution in [0.25, 0.3) is 0 Å². The first kappa shape index (κ1) is 21.0. The fourth-order valence-corrected chi connectivity index (χ4v) is 3.58. The molecule has 0 aliphatic heterocycles. The van der Waals surface area contributed by atoms with Gasteiger partial charge in [-0.15, -0.1) is 0 Å². The van der Waals surface area contributed by atoms with Crippen molar-refractivity contribution in [3.63, 3.8) is 0 Å². The summed E-state index contributed by atoms with van der Waals surface area (Å²) in [6.07, 6.45) is 0. The lowest BCUT2D eigenvalue weighted by Gasteiger charge is -2.16. The van der Waals surface area contributed by atoms with Crippen molar-refractivity contribution >= 4 is 11.6 Å². The minimum atomic E-state index is 0.583. The lowest BCUT2D eigenvalue weighted by atomic mass is 10.1. The van der Waals surface area contributed by atoms with E-state index in [1.165, 1.54) is 0 Å². The molecule has 7 heteroatoms. The lowest BCUT2D eigenvalue weighted by molar-refractivity contribution is 0.321. The molecular formula is C22H26ClN3O3. The second-order valence-corrected chi connectivity index (χ2v) is 6.95. The van der Waals surface area contributed by atoms with Crippen molar-refractivity contribution in [2.45, 2.75) is 26.6 Å². The Morgan fingerprint density at radius 1 is 0.931 bits per heavy atom. The van der Waals surface area contributed by atoms with Crippen LogP contribution >= 0.6 is 11.6 Å². The molecular weight excluding hydrogens is 390 g/mol. The highest BCUT2D eigenvalue weighted by molar-refractivity contribution is 6.30. The Labute approximate surface area is 176 Å². The van der Waals surface area contributed by atoms with E-state index in [0.29, 0.717) is 42.0 Å². The molecule has 0 saturated heterocycles. The van der Waals surface area contributed by atoms with Crippen LogP contribution in [0.4, 0.5) is 0 Å². The predicted octanol–water partition coefficient (Wildman–Crippen LogP) is 4.21. The van der Waals surface area contributed by atoms with Crippen LogP contribution in [0.5, 0.6) is 17.2 Å². The normalized spacial score (nSPS) is 10.8. The first-order valence-electron chi connectivity index (χ1n) is 9.33. The molecule has 29 heavy (non-hydrogen) atoms. The van der Waals surface area contributed by atoms with Crippen LogP contribution in [0.1, 0.15) is 22.4 Å². The Kier molecular flexibility index (Phi) is 7.01. The number of nitrogens with zero attached hydrogens (tertiary/aromatic N) is 2. The number of nitrogens with one attached hydrogen (secondary N) is 1. The van der Waals surface area contributed by atoms with Gasteiger partial charge in [0.2, 0.25) is 5.75 Å². The number of ether oxygens (including phenoxy) is 3. The fraction of sp³-hybridized carbons (Fsp3) is 0.318.